The van der Waals surface area contributed by atoms with Gasteiger partial charge in [0.2, 0.25) is 0 Å². The van der Waals surface area contributed by atoms with E-state index in [1.54, 1.807) is 0 Å². The highest BCUT2D eigenvalue weighted by Gasteiger charge is 2.85. The summed E-state index contributed by atoms with van der Waals surface area (Å²) in [6.45, 7) is 0. The SMILES string of the molecule is O=S(=O)(OS(c1ccccc1)(c1ccccc1)c1ccccc1)C(F)(F)C(F)(F)OC(F)(F)C(F)(F)C(F)(F)C(F)(F)F. The van der Waals surface area contributed by atoms with Gasteiger partial charge < -0.3 is 0 Å². The quantitative estimate of drug-likeness (QED) is 0.190. The Morgan fingerprint density at radius 2 is 0.791 bits per heavy atom. The number of halogens is 13. The summed E-state index contributed by atoms with van der Waals surface area (Å²) in [5, 5.41) is -7.11. The van der Waals surface area contributed by atoms with Crippen LogP contribution in [0.5, 0.6) is 0 Å². The molecule has 0 aliphatic carbocycles. The molecule has 43 heavy (non-hydrogen) atoms. The highest BCUT2D eigenvalue weighted by molar-refractivity contribution is 8.33. The Morgan fingerprint density at radius 1 is 0.465 bits per heavy atom. The van der Waals surface area contributed by atoms with E-state index in [9.17, 15) is 65.5 Å². The third-order valence-corrected chi connectivity index (χ3v) is 10.6. The highest BCUT2D eigenvalue weighted by Crippen LogP contribution is 2.71. The van der Waals surface area contributed by atoms with Crippen molar-refractivity contribution in [1.29, 1.82) is 0 Å². The average molecular weight is 678 g/mol. The largest absolute Gasteiger partial charge is 0.461 e. The van der Waals surface area contributed by atoms with E-state index in [0.717, 1.165) is 36.4 Å². The van der Waals surface area contributed by atoms with Crippen LogP contribution in [0.15, 0.2) is 106 Å². The van der Waals surface area contributed by atoms with Crippen LogP contribution in [0.2, 0.25) is 0 Å². The van der Waals surface area contributed by atoms with Gasteiger partial charge in [0.05, 0.1) is 0 Å². The Hall–Kier alpha value is -3.03. The summed E-state index contributed by atoms with van der Waals surface area (Å²) in [4.78, 5) is -0.798. The molecule has 3 aromatic rings. The summed E-state index contributed by atoms with van der Waals surface area (Å²) >= 11 is 0. The fourth-order valence-corrected chi connectivity index (χ4v) is 8.46. The van der Waals surface area contributed by atoms with Crippen LogP contribution in [0, 0.1) is 0 Å². The molecule has 3 aromatic carbocycles. The van der Waals surface area contributed by atoms with Gasteiger partial charge in [0, 0.05) is 14.7 Å². The molecule has 0 N–H and O–H groups in total. The minimum Gasteiger partial charge on any atom is -0.244 e. The molecule has 0 amide bonds. The number of ether oxygens (including phenoxy) is 1. The average Bonchev–Trinajstić information content (AvgIpc) is 2.91. The molecule has 0 unspecified atom stereocenters. The van der Waals surface area contributed by atoms with E-state index in [0.29, 0.717) is 0 Å². The molecule has 19 heteroatoms. The minimum atomic E-state index is -7.94. The Morgan fingerprint density at radius 3 is 1.09 bits per heavy atom. The Balaban J connectivity index is 2.19. The van der Waals surface area contributed by atoms with Crippen LogP contribution in [0.1, 0.15) is 0 Å². The Kier molecular flexibility index (Phi) is 8.94. The molecule has 0 aliphatic heterocycles. The first-order valence-corrected chi connectivity index (χ1v) is 14.0. The molecule has 0 saturated heterocycles. The van der Waals surface area contributed by atoms with Crippen LogP contribution in [0.25, 0.3) is 0 Å². The van der Waals surface area contributed by atoms with Gasteiger partial charge in [0.15, 0.2) is 0 Å². The summed E-state index contributed by atoms with van der Waals surface area (Å²) in [7, 11) is -11.5. The van der Waals surface area contributed by atoms with E-state index < -0.39 is 55.9 Å². The van der Waals surface area contributed by atoms with Crippen molar-refractivity contribution in [2.24, 2.45) is 0 Å². The van der Waals surface area contributed by atoms with Crippen molar-refractivity contribution in [3.63, 3.8) is 0 Å². The molecule has 0 atom stereocenters. The fourth-order valence-electron chi connectivity index (χ4n) is 3.33. The van der Waals surface area contributed by atoms with Crippen molar-refractivity contribution >= 4 is 20.4 Å². The molecular formula is C24H15F13O4S2. The highest BCUT2D eigenvalue weighted by atomic mass is 32.3. The molecule has 3 rings (SSSR count). The zero-order chi connectivity index (χ0) is 32.8. The molecule has 238 valence electrons. The monoisotopic (exact) mass is 678 g/mol. The van der Waals surface area contributed by atoms with Crippen molar-refractivity contribution in [2.45, 2.75) is 50.2 Å². The molecule has 0 aliphatic rings. The topological polar surface area (TPSA) is 52.6 Å². The smallest absolute Gasteiger partial charge is 0.244 e. The molecule has 0 bridgehead atoms. The van der Waals surface area contributed by atoms with Crippen molar-refractivity contribution < 1.29 is 73.9 Å². The van der Waals surface area contributed by atoms with Gasteiger partial charge in [-0.25, -0.2) is 8.37 Å². The molecule has 0 radical (unpaired) electrons. The third-order valence-electron chi connectivity index (χ3n) is 5.44. The molecule has 0 aromatic heterocycles. The van der Waals surface area contributed by atoms with Crippen LogP contribution in [-0.4, -0.2) is 43.9 Å². The Bertz CT molecular complexity index is 1400. The van der Waals surface area contributed by atoms with Gasteiger partial charge in [-0.15, -0.1) is 0 Å². The number of alkyl halides is 13. The van der Waals surface area contributed by atoms with Crippen molar-refractivity contribution in [3.05, 3.63) is 91.0 Å². The van der Waals surface area contributed by atoms with Crippen LogP contribution in [0.3, 0.4) is 0 Å². The Labute approximate surface area is 235 Å². The number of hydrogen-bond acceptors (Lipinski definition) is 4. The molecule has 4 nitrogen and oxygen atoms in total. The van der Waals surface area contributed by atoms with Crippen molar-refractivity contribution in [2.75, 3.05) is 0 Å². The fraction of sp³-hybridized carbons (Fsp3) is 0.250. The van der Waals surface area contributed by atoms with Gasteiger partial charge in [-0.2, -0.15) is 65.5 Å². The zero-order valence-electron chi connectivity index (χ0n) is 20.5. The predicted octanol–water partition coefficient (Wildman–Crippen LogP) is 8.86. The second kappa shape index (κ2) is 11.2. The van der Waals surface area contributed by atoms with Gasteiger partial charge in [0.1, 0.15) is 0 Å². The van der Waals surface area contributed by atoms with Crippen molar-refractivity contribution in [3.8, 4) is 0 Å². The van der Waals surface area contributed by atoms with E-state index in [-0.39, 0.29) is 14.7 Å². The van der Waals surface area contributed by atoms with E-state index in [1.165, 1.54) is 54.6 Å². The molecule has 0 spiro atoms. The standard InChI is InChI=1S/C24H15F13O4S2/c25-19(26,21(29,30)31)20(27,28)22(32,33)40-23(34,35)24(36,37)43(38,39)41-42(16-10-4-1-5-11-16,17-12-6-2-7-13-17)18-14-8-3-9-15-18/h1-15H. The summed E-state index contributed by atoms with van der Waals surface area (Å²) in [6.07, 6.45) is -22.6. The zero-order valence-corrected chi connectivity index (χ0v) is 22.2. The lowest BCUT2D eigenvalue weighted by molar-refractivity contribution is -0.495. The first-order valence-electron chi connectivity index (χ1n) is 11.1. The van der Waals surface area contributed by atoms with E-state index in [2.05, 4.69) is 0 Å². The first-order chi connectivity index (χ1) is 19.5. The normalized spacial score (nSPS) is 14.9. The maximum absolute atomic E-state index is 14.9. The third kappa shape index (κ3) is 5.78. The molecule has 0 heterocycles. The lowest BCUT2D eigenvalue weighted by Crippen LogP contribution is -2.64. The summed E-state index contributed by atoms with van der Waals surface area (Å²) in [5.41, 5.74) is 0. The van der Waals surface area contributed by atoms with Crippen LogP contribution in [0.4, 0.5) is 57.1 Å². The molecule has 0 saturated carbocycles. The molecular weight excluding hydrogens is 663 g/mol. The lowest BCUT2D eigenvalue weighted by Gasteiger charge is -2.41. The van der Waals surface area contributed by atoms with Crippen LogP contribution < -0.4 is 0 Å². The van der Waals surface area contributed by atoms with E-state index >= 15 is 0 Å². The number of hydrogen-bond donors (Lipinski definition) is 0. The van der Waals surface area contributed by atoms with E-state index in [4.69, 9.17) is 3.63 Å². The minimum absolute atomic E-state index is 0.266. The van der Waals surface area contributed by atoms with Crippen LogP contribution >= 0.6 is 10.3 Å². The second-order valence-corrected chi connectivity index (χ2v) is 12.8. The lowest BCUT2D eigenvalue weighted by atomic mass is 10.1. The number of rotatable bonds is 11. The predicted molar refractivity (Wildman–Crippen MR) is 124 cm³/mol. The maximum Gasteiger partial charge on any atom is 0.461 e. The summed E-state index contributed by atoms with van der Waals surface area (Å²) in [5.74, 6) is -15.7. The summed E-state index contributed by atoms with van der Waals surface area (Å²) in [6, 6.07) is 18.3. The molecule has 0 fully saturated rings. The van der Waals surface area contributed by atoms with Crippen molar-refractivity contribution in [1.82, 2.24) is 0 Å². The van der Waals surface area contributed by atoms with Gasteiger partial charge in [0.25, 0.3) is 0 Å². The number of benzene rings is 3. The van der Waals surface area contributed by atoms with Crippen LogP contribution in [-0.2, 0) is 18.5 Å². The van der Waals surface area contributed by atoms with Gasteiger partial charge in [-0.1, -0.05) is 54.6 Å². The van der Waals surface area contributed by atoms with E-state index in [1.807, 2.05) is 4.74 Å². The van der Waals surface area contributed by atoms with Gasteiger partial charge >= 0.3 is 45.6 Å². The summed E-state index contributed by atoms with van der Waals surface area (Å²) < 4.78 is 209. The van der Waals surface area contributed by atoms with Gasteiger partial charge in [-0.3, -0.25) is 0 Å². The first kappa shape index (κ1) is 34.5. The van der Waals surface area contributed by atoms with Gasteiger partial charge in [-0.05, 0) is 46.7 Å². The maximum atomic E-state index is 14.9. The second-order valence-electron chi connectivity index (χ2n) is 8.32.